The van der Waals surface area contributed by atoms with Gasteiger partial charge in [-0.25, -0.2) is 0 Å². The Hall–Kier alpha value is -2.04. The number of nitrogens with one attached hydrogen (secondary N) is 1. The summed E-state index contributed by atoms with van der Waals surface area (Å²) in [7, 11) is 0. The molecular formula is C14H18N2O3. The summed E-state index contributed by atoms with van der Waals surface area (Å²) in [5.74, 6) is -0.134. The van der Waals surface area contributed by atoms with E-state index in [4.69, 9.17) is 0 Å². The molecule has 0 saturated carbocycles. The molecule has 1 unspecified atom stereocenters. The predicted octanol–water partition coefficient (Wildman–Crippen LogP) is 1.02. The number of benzene rings is 1. The third kappa shape index (κ3) is 2.41. The van der Waals surface area contributed by atoms with Crippen molar-refractivity contribution in [1.82, 2.24) is 10.2 Å². The summed E-state index contributed by atoms with van der Waals surface area (Å²) in [6.07, 6.45) is 0. The van der Waals surface area contributed by atoms with Crippen LogP contribution in [0.4, 0.5) is 0 Å². The van der Waals surface area contributed by atoms with Crippen LogP contribution in [0.2, 0.25) is 0 Å². The molecule has 0 radical (unpaired) electrons. The molecule has 1 saturated heterocycles. The van der Waals surface area contributed by atoms with Crippen LogP contribution in [0.3, 0.4) is 0 Å². The average molecular weight is 262 g/mol. The first-order chi connectivity index (χ1) is 8.82. The van der Waals surface area contributed by atoms with Gasteiger partial charge in [-0.2, -0.15) is 0 Å². The fourth-order valence-corrected chi connectivity index (χ4v) is 2.18. The van der Waals surface area contributed by atoms with E-state index in [0.717, 1.165) is 5.56 Å². The highest BCUT2D eigenvalue weighted by molar-refractivity contribution is 5.99. The molecule has 102 valence electrons. The van der Waals surface area contributed by atoms with Gasteiger partial charge in [0.05, 0.1) is 0 Å². The smallest absolute Gasteiger partial charge is 0.246 e. The first-order valence-corrected chi connectivity index (χ1v) is 6.22. The Morgan fingerprint density at radius 1 is 1.37 bits per heavy atom. The van der Waals surface area contributed by atoms with E-state index < -0.39 is 11.6 Å². The molecule has 2 N–H and O–H groups in total. The van der Waals surface area contributed by atoms with Crippen molar-refractivity contribution < 1.29 is 14.7 Å². The summed E-state index contributed by atoms with van der Waals surface area (Å²) in [5.41, 5.74) is -0.0991. The van der Waals surface area contributed by atoms with Crippen LogP contribution >= 0.6 is 0 Å². The number of carbonyl (C=O) groups excluding carboxylic acids is 2. The Balaban J connectivity index is 2.30. The molecule has 5 nitrogen and oxygen atoms in total. The van der Waals surface area contributed by atoms with Gasteiger partial charge in [-0.3, -0.25) is 9.59 Å². The molecule has 0 spiro atoms. The van der Waals surface area contributed by atoms with Gasteiger partial charge in [0.1, 0.15) is 17.3 Å². The zero-order valence-electron chi connectivity index (χ0n) is 11.3. The Labute approximate surface area is 112 Å². The lowest BCUT2D eigenvalue weighted by Gasteiger charge is -2.43. The van der Waals surface area contributed by atoms with Crippen LogP contribution in [-0.4, -0.2) is 33.4 Å². The van der Waals surface area contributed by atoms with Crippen LogP contribution in [0, 0.1) is 0 Å². The zero-order chi connectivity index (χ0) is 14.2. The van der Waals surface area contributed by atoms with E-state index in [0.29, 0.717) is 6.54 Å². The van der Waals surface area contributed by atoms with E-state index >= 15 is 0 Å². The normalized spacial score (nSPS) is 22.3. The second-order valence-electron chi connectivity index (χ2n) is 5.35. The third-order valence-electron chi connectivity index (χ3n) is 3.47. The van der Waals surface area contributed by atoms with E-state index in [1.165, 1.54) is 0 Å². The lowest BCUT2D eigenvalue weighted by Crippen LogP contribution is -2.67. The Morgan fingerprint density at radius 2 is 2.05 bits per heavy atom. The summed E-state index contributed by atoms with van der Waals surface area (Å²) < 4.78 is 0. The number of aromatic hydroxyl groups is 1. The molecule has 0 aromatic heterocycles. The van der Waals surface area contributed by atoms with Gasteiger partial charge in [-0.1, -0.05) is 12.1 Å². The fourth-order valence-electron chi connectivity index (χ4n) is 2.18. The molecule has 19 heavy (non-hydrogen) atoms. The molecule has 2 rings (SSSR count). The van der Waals surface area contributed by atoms with Crippen molar-refractivity contribution in [2.45, 2.75) is 38.9 Å². The van der Waals surface area contributed by atoms with E-state index in [9.17, 15) is 14.7 Å². The highest BCUT2D eigenvalue weighted by atomic mass is 16.3. The van der Waals surface area contributed by atoms with E-state index in [1.54, 1.807) is 43.9 Å². The number of amides is 2. The third-order valence-corrected chi connectivity index (χ3v) is 3.47. The number of piperazine rings is 1. The fraction of sp³-hybridized carbons (Fsp3) is 0.429. The number of hydrogen-bond acceptors (Lipinski definition) is 3. The summed E-state index contributed by atoms with van der Waals surface area (Å²) in [4.78, 5) is 25.8. The highest BCUT2D eigenvalue weighted by Crippen LogP contribution is 2.24. The summed E-state index contributed by atoms with van der Waals surface area (Å²) in [6.45, 7) is 5.41. The molecule has 5 heteroatoms. The average Bonchev–Trinajstić information content (AvgIpc) is 2.33. The number of rotatable bonds is 2. The lowest BCUT2D eigenvalue weighted by atomic mass is 9.95. The van der Waals surface area contributed by atoms with Crippen molar-refractivity contribution >= 4 is 11.8 Å². The van der Waals surface area contributed by atoms with Gasteiger partial charge in [0.2, 0.25) is 11.8 Å². The quantitative estimate of drug-likeness (QED) is 0.836. The molecule has 1 aromatic carbocycles. The van der Waals surface area contributed by atoms with Crippen LogP contribution in [0.15, 0.2) is 24.3 Å². The number of phenolic OH excluding ortho intramolecular Hbond substituents is 1. The van der Waals surface area contributed by atoms with Gasteiger partial charge < -0.3 is 15.3 Å². The van der Waals surface area contributed by atoms with E-state index in [2.05, 4.69) is 5.32 Å². The number of hydrogen-bond donors (Lipinski definition) is 2. The van der Waals surface area contributed by atoms with Gasteiger partial charge in [-0.05, 0) is 38.5 Å². The molecule has 2 amide bonds. The topological polar surface area (TPSA) is 69.6 Å². The monoisotopic (exact) mass is 262 g/mol. The van der Waals surface area contributed by atoms with Crippen LogP contribution in [0.5, 0.6) is 5.75 Å². The predicted molar refractivity (Wildman–Crippen MR) is 70.3 cm³/mol. The van der Waals surface area contributed by atoms with Crippen LogP contribution in [0.25, 0.3) is 0 Å². The van der Waals surface area contributed by atoms with Gasteiger partial charge in [0.25, 0.3) is 0 Å². The van der Waals surface area contributed by atoms with Crippen LogP contribution in [-0.2, 0) is 16.1 Å². The summed E-state index contributed by atoms with van der Waals surface area (Å²) >= 11 is 0. The van der Waals surface area contributed by atoms with Gasteiger partial charge >= 0.3 is 0 Å². The molecule has 1 aliphatic rings. The maximum absolute atomic E-state index is 12.2. The number of nitrogens with zero attached hydrogens (tertiary/aromatic N) is 1. The van der Waals surface area contributed by atoms with Gasteiger partial charge in [-0.15, -0.1) is 0 Å². The maximum atomic E-state index is 12.2. The summed E-state index contributed by atoms with van der Waals surface area (Å²) in [5, 5.41) is 12.1. The van der Waals surface area contributed by atoms with E-state index in [1.807, 2.05) is 6.07 Å². The zero-order valence-corrected chi connectivity index (χ0v) is 11.3. The van der Waals surface area contributed by atoms with Crippen LogP contribution < -0.4 is 5.32 Å². The van der Waals surface area contributed by atoms with Crippen molar-refractivity contribution in [3.8, 4) is 5.75 Å². The first-order valence-electron chi connectivity index (χ1n) is 6.22. The van der Waals surface area contributed by atoms with Crippen molar-refractivity contribution in [2.24, 2.45) is 0 Å². The number of carbonyl (C=O) groups is 2. The minimum absolute atomic E-state index is 0.118. The largest absolute Gasteiger partial charge is 0.508 e. The molecule has 0 bridgehead atoms. The van der Waals surface area contributed by atoms with Crippen molar-refractivity contribution in [3.05, 3.63) is 29.8 Å². The molecule has 0 aliphatic carbocycles. The van der Waals surface area contributed by atoms with Gasteiger partial charge in [0, 0.05) is 6.54 Å². The van der Waals surface area contributed by atoms with Crippen molar-refractivity contribution in [1.29, 1.82) is 0 Å². The molecular weight excluding hydrogens is 244 g/mol. The number of phenols is 1. The van der Waals surface area contributed by atoms with Crippen LogP contribution in [0.1, 0.15) is 26.3 Å². The summed E-state index contributed by atoms with van der Waals surface area (Å²) in [6, 6.07) is 6.19. The van der Waals surface area contributed by atoms with Crippen molar-refractivity contribution in [3.63, 3.8) is 0 Å². The Kier molecular flexibility index (Phi) is 3.22. The molecule has 1 atom stereocenters. The minimum Gasteiger partial charge on any atom is -0.508 e. The van der Waals surface area contributed by atoms with Crippen molar-refractivity contribution in [2.75, 3.05) is 0 Å². The molecule has 1 aromatic rings. The molecule has 1 aliphatic heterocycles. The Morgan fingerprint density at radius 3 is 2.68 bits per heavy atom. The second-order valence-corrected chi connectivity index (χ2v) is 5.35. The Bertz CT molecular complexity index is 525. The maximum Gasteiger partial charge on any atom is 0.246 e. The first kappa shape index (κ1) is 13.4. The molecule has 1 heterocycles. The minimum atomic E-state index is -0.894. The SMILES string of the molecule is CC1NC(=O)C(C)(C)N(Cc2cccc(O)c2)C1=O. The lowest BCUT2D eigenvalue weighted by molar-refractivity contribution is -0.155. The van der Waals surface area contributed by atoms with E-state index in [-0.39, 0.29) is 17.6 Å². The molecule has 1 fully saturated rings. The van der Waals surface area contributed by atoms with Gasteiger partial charge in [0.15, 0.2) is 0 Å². The standard InChI is InChI=1S/C14H18N2O3/c1-9-12(18)16(14(2,3)13(19)15-9)8-10-5-4-6-11(17)7-10/h4-7,9,17H,8H2,1-3H3,(H,15,19). The highest BCUT2D eigenvalue weighted by Gasteiger charge is 2.44. The second kappa shape index (κ2) is 4.57.